The molecule has 0 atom stereocenters. The standard InChI is InChI=1S/C30H35N5O4S2/c1-6-26(36)34-13-15-35(16-14-34)29(38)23-18-25(20(4)17-24(23)39-5)40-27-19-31-30(41-27)32-28(37)21-9-11-22(12-10-21)33(7-2)8-3/h6,9-12,17-19H,1,7-8,13-16H2,2-5H3,(H,31,32,37). The quantitative estimate of drug-likeness (QED) is 0.324. The monoisotopic (exact) mass is 593 g/mol. The maximum Gasteiger partial charge on any atom is 0.257 e. The summed E-state index contributed by atoms with van der Waals surface area (Å²) >= 11 is 2.85. The Morgan fingerprint density at radius 2 is 1.76 bits per heavy atom. The zero-order valence-corrected chi connectivity index (χ0v) is 25.4. The summed E-state index contributed by atoms with van der Waals surface area (Å²) < 4.78 is 6.42. The number of carbonyl (C=O) groups is 3. The number of rotatable bonds is 10. The lowest BCUT2D eigenvalue weighted by Gasteiger charge is -2.34. The van der Waals surface area contributed by atoms with Crippen molar-refractivity contribution in [2.24, 2.45) is 0 Å². The van der Waals surface area contributed by atoms with Gasteiger partial charge in [0, 0.05) is 55.4 Å². The molecule has 1 aliphatic rings. The Morgan fingerprint density at radius 1 is 1.10 bits per heavy atom. The van der Waals surface area contributed by atoms with E-state index in [2.05, 4.69) is 35.6 Å². The first-order chi connectivity index (χ1) is 19.8. The molecule has 1 aliphatic heterocycles. The van der Waals surface area contributed by atoms with Crippen LogP contribution < -0.4 is 15.0 Å². The molecule has 1 fully saturated rings. The number of thiazole rings is 1. The smallest absolute Gasteiger partial charge is 0.257 e. The van der Waals surface area contributed by atoms with Crippen LogP contribution in [0.15, 0.2) is 64.4 Å². The molecule has 0 saturated carbocycles. The van der Waals surface area contributed by atoms with E-state index in [1.807, 2.05) is 43.3 Å². The number of aryl methyl sites for hydroxylation is 1. The molecule has 0 aliphatic carbocycles. The van der Waals surface area contributed by atoms with Gasteiger partial charge in [-0.1, -0.05) is 29.7 Å². The minimum Gasteiger partial charge on any atom is -0.496 e. The molecule has 41 heavy (non-hydrogen) atoms. The second-order valence-electron chi connectivity index (χ2n) is 9.40. The van der Waals surface area contributed by atoms with Crippen LogP contribution >= 0.6 is 23.1 Å². The summed E-state index contributed by atoms with van der Waals surface area (Å²) in [5, 5.41) is 3.39. The highest BCUT2D eigenvalue weighted by Gasteiger charge is 2.26. The lowest BCUT2D eigenvalue weighted by molar-refractivity contribution is -0.127. The van der Waals surface area contributed by atoms with E-state index in [9.17, 15) is 14.4 Å². The summed E-state index contributed by atoms with van der Waals surface area (Å²) in [5.74, 6) is 0.0202. The summed E-state index contributed by atoms with van der Waals surface area (Å²) in [4.78, 5) is 49.1. The van der Waals surface area contributed by atoms with Crippen molar-refractivity contribution in [1.82, 2.24) is 14.8 Å². The fourth-order valence-electron chi connectivity index (χ4n) is 4.59. The first kappa shape index (κ1) is 30.1. The maximum absolute atomic E-state index is 13.4. The lowest BCUT2D eigenvalue weighted by Crippen LogP contribution is -2.50. The molecular formula is C30H35N5O4S2. The molecule has 1 saturated heterocycles. The third kappa shape index (κ3) is 7.09. The van der Waals surface area contributed by atoms with Gasteiger partial charge >= 0.3 is 0 Å². The number of hydrogen-bond donors (Lipinski definition) is 1. The Kier molecular flexibility index (Phi) is 10.1. The molecule has 1 N–H and O–H groups in total. The Bertz CT molecular complexity index is 1410. The zero-order chi connectivity index (χ0) is 29.5. The van der Waals surface area contributed by atoms with Crippen molar-refractivity contribution < 1.29 is 19.1 Å². The van der Waals surface area contributed by atoms with E-state index in [0.29, 0.717) is 48.2 Å². The van der Waals surface area contributed by atoms with Crippen molar-refractivity contribution in [3.05, 3.63) is 71.9 Å². The predicted octanol–water partition coefficient (Wildman–Crippen LogP) is 5.18. The number of ether oxygens (including phenoxy) is 1. The van der Waals surface area contributed by atoms with Crippen molar-refractivity contribution in [3.8, 4) is 5.75 Å². The fourth-order valence-corrected chi connectivity index (χ4v) is 6.53. The minimum atomic E-state index is -0.217. The fraction of sp³-hybridized carbons (Fsp3) is 0.333. The predicted molar refractivity (Wildman–Crippen MR) is 165 cm³/mol. The number of benzene rings is 2. The van der Waals surface area contributed by atoms with Crippen LogP contribution in [-0.2, 0) is 4.79 Å². The second-order valence-corrected chi connectivity index (χ2v) is 11.8. The summed E-state index contributed by atoms with van der Waals surface area (Å²) in [6, 6.07) is 11.3. The summed E-state index contributed by atoms with van der Waals surface area (Å²) in [6.07, 6.45) is 3.01. The molecule has 3 aromatic rings. The van der Waals surface area contributed by atoms with Gasteiger partial charge in [-0.2, -0.15) is 0 Å². The molecule has 9 nitrogen and oxygen atoms in total. The van der Waals surface area contributed by atoms with E-state index in [0.717, 1.165) is 33.4 Å². The van der Waals surface area contributed by atoms with Gasteiger partial charge in [-0.15, -0.1) is 0 Å². The first-order valence-corrected chi connectivity index (χ1v) is 15.1. The first-order valence-electron chi connectivity index (χ1n) is 13.5. The maximum atomic E-state index is 13.4. The zero-order valence-electron chi connectivity index (χ0n) is 23.8. The van der Waals surface area contributed by atoms with Crippen LogP contribution in [0.4, 0.5) is 10.8 Å². The Morgan fingerprint density at radius 3 is 2.37 bits per heavy atom. The number of methoxy groups -OCH3 is 1. The summed E-state index contributed by atoms with van der Waals surface area (Å²) in [7, 11) is 1.55. The normalized spacial score (nSPS) is 13.1. The van der Waals surface area contributed by atoms with Crippen molar-refractivity contribution in [3.63, 3.8) is 0 Å². The number of aromatic nitrogens is 1. The van der Waals surface area contributed by atoms with Gasteiger partial charge in [0.25, 0.3) is 11.8 Å². The molecule has 2 aromatic carbocycles. The van der Waals surface area contributed by atoms with Gasteiger partial charge in [-0.3, -0.25) is 19.7 Å². The molecule has 11 heteroatoms. The number of piperazine rings is 1. The highest BCUT2D eigenvalue weighted by molar-refractivity contribution is 8.01. The van der Waals surface area contributed by atoms with E-state index in [4.69, 9.17) is 4.74 Å². The highest BCUT2D eigenvalue weighted by Crippen LogP contribution is 2.38. The third-order valence-electron chi connectivity index (χ3n) is 6.95. The molecule has 0 unspecified atom stereocenters. The number of nitrogens with one attached hydrogen (secondary N) is 1. The molecular weight excluding hydrogens is 558 g/mol. The molecule has 216 valence electrons. The highest BCUT2D eigenvalue weighted by atomic mass is 32.2. The number of nitrogens with zero attached hydrogens (tertiary/aromatic N) is 4. The van der Waals surface area contributed by atoms with Gasteiger partial charge in [0.2, 0.25) is 5.91 Å². The van der Waals surface area contributed by atoms with Crippen molar-refractivity contribution in [2.75, 3.05) is 56.6 Å². The van der Waals surface area contributed by atoms with Gasteiger partial charge in [-0.05, 0) is 68.8 Å². The minimum absolute atomic E-state index is 0.128. The van der Waals surface area contributed by atoms with E-state index in [-0.39, 0.29) is 17.7 Å². The van der Waals surface area contributed by atoms with Crippen LogP contribution in [0.3, 0.4) is 0 Å². The van der Waals surface area contributed by atoms with Gasteiger partial charge in [0.05, 0.1) is 23.1 Å². The van der Waals surface area contributed by atoms with E-state index in [1.165, 1.54) is 29.2 Å². The lowest BCUT2D eigenvalue weighted by atomic mass is 10.1. The SMILES string of the molecule is C=CC(=O)N1CCN(C(=O)c2cc(Sc3cnc(NC(=O)c4ccc(N(CC)CC)cc4)s3)c(C)cc2OC)CC1. The van der Waals surface area contributed by atoms with E-state index >= 15 is 0 Å². The van der Waals surface area contributed by atoms with Gasteiger partial charge < -0.3 is 19.4 Å². The Labute approximate surface area is 249 Å². The largest absolute Gasteiger partial charge is 0.496 e. The molecule has 0 spiro atoms. The number of anilines is 2. The topological polar surface area (TPSA) is 95.1 Å². The molecule has 0 radical (unpaired) electrons. The van der Waals surface area contributed by atoms with Crippen molar-refractivity contribution in [2.45, 2.75) is 29.9 Å². The summed E-state index contributed by atoms with van der Waals surface area (Å²) in [6.45, 7) is 13.3. The van der Waals surface area contributed by atoms with Crippen LogP contribution in [0.1, 0.15) is 40.1 Å². The van der Waals surface area contributed by atoms with Crippen molar-refractivity contribution >= 4 is 51.6 Å². The third-order valence-corrected chi connectivity index (χ3v) is 9.13. The average molecular weight is 594 g/mol. The molecule has 4 rings (SSSR count). The molecule has 3 amide bonds. The van der Waals surface area contributed by atoms with Gasteiger partial charge in [0.15, 0.2) is 5.13 Å². The van der Waals surface area contributed by atoms with Crippen LogP contribution in [0.5, 0.6) is 5.75 Å². The van der Waals surface area contributed by atoms with E-state index < -0.39 is 0 Å². The van der Waals surface area contributed by atoms with Crippen molar-refractivity contribution in [1.29, 1.82) is 0 Å². The Balaban J connectivity index is 1.44. The molecule has 0 bridgehead atoms. The van der Waals surface area contributed by atoms with Crippen LogP contribution in [-0.4, -0.2) is 78.9 Å². The van der Waals surface area contributed by atoms with Gasteiger partial charge in [0.1, 0.15) is 5.75 Å². The van der Waals surface area contributed by atoms with Crippen LogP contribution in [0.25, 0.3) is 0 Å². The van der Waals surface area contributed by atoms with E-state index in [1.54, 1.807) is 23.1 Å². The van der Waals surface area contributed by atoms with Crippen LogP contribution in [0.2, 0.25) is 0 Å². The number of carbonyl (C=O) groups excluding carboxylic acids is 3. The van der Waals surface area contributed by atoms with Gasteiger partial charge in [-0.25, -0.2) is 4.98 Å². The number of amides is 3. The summed E-state index contributed by atoms with van der Waals surface area (Å²) in [5.41, 5.74) is 3.07. The molecule has 1 aromatic heterocycles. The second kappa shape index (κ2) is 13.7. The van der Waals surface area contributed by atoms with Crippen LogP contribution in [0, 0.1) is 6.92 Å². The Hall–Kier alpha value is -3.83. The average Bonchev–Trinajstić information content (AvgIpc) is 3.44. The molecule has 2 heterocycles. The number of hydrogen-bond acceptors (Lipinski definition) is 8.